The second kappa shape index (κ2) is 11.0. The van der Waals surface area contributed by atoms with Crippen molar-refractivity contribution in [2.24, 2.45) is 0 Å². The molecule has 0 aromatic heterocycles. The molecule has 31 heavy (non-hydrogen) atoms. The quantitative estimate of drug-likeness (QED) is 0.538. The van der Waals surface area contributed by atoms with Crippen LogP contribution >= 0.6 is 27.5 Å². The van der Waals surface area contributed by atoms with Crippen LogP contribution in [0.2, 0.25) is 5.02 Å². The fraction of sp³-hybridized carbons (Fsp3) is 0.333. The molecule has 0 unspecified atom stereocenters. The fourth-order valence-corrected chi connectivity index (χ4v) is 4.35. The number of benzene rings is 2. The number of carbonyl (C=O) groups excluding carboxylic acids is 2. The Kier molecular flexibility index (Phi) is 8.90. The van der Waals surface area contributed by atoms with Crippen LogP contribution in [0.1, 0.15) is 19.4 Å². The summed E-state index contributed by atoms with van der Waals surface area (Å²) in [7, 11) is -3.81. The summed E-state index contributed by atoms with van der Waals surface area (Å²) >= 11 is 9.56. The number of nitrogens with zero attached hydrogens (tertiary/aromatic N) is 2. The first-order valence-corrected chi connectivity index (χ1v) is 12.6. The molecule has 0 aliphatic rings. The summed E-state index contributed by atoms with van der Waals surface area (Å²) in [5.74, 6) is -0.844. The molecule has 1 atom stereocenters. The number of likely N-dealkylation sites (N-methyl/N-ethyl adjacent to an activating group) is 1. The highest BCUT2D eigenvalue weighted by atomic mass is 79.9. The molecular weight excluding hydrogens is 506 g/mol. The Balaban J connectivity index is 2.38. The summed E-state index contributed by atoms with van der Waals surface area (Å²) in [6.45, 7) is 3.47. The summed E-state index contributed by atoms with van der Waals surface area (Å²) in [5, 5.41) is 2.91. The number of halogens is 2. The SMILES string of the molecule is CCNC(=O)[C@H](C)N(Cc1ccc(Br)cc1)C(=O)CN(c1ccccc1Cl)S(C)(=O)=O. The van der Waals surface area contributed by atoms with E-state index in [0.717, 1.165) is 20.6 Å². The van der Waals surface area contributed by atoms with Crippen LogP contribution in [-0.2, 0) is 26.2 Å². The van der Waals surface area contributed by atoms with E-state index < -0.39 is 28.5 Å². The van der Waals surface area contributed by atoms with Gasteiger partial charge in [-0.1, -0.05) is 51.8 Å². The lowest BCUT2D eigenvalue weighted by Gasteiger charge is -2.31. The van der Waals surface area contributed by atoms with Crippen molar-refractivity contribution < 1.29 is 18.0 Å². The lowest BCUT2D eigenvalue weighted by atomic mass is 10.1. The van der Waals surface area contributed by atoms with Gasteiger partial charge in [0.2, 0.25) is 21.8 Å². The minimum Gasteiger partial charge on any atom is -0.355 e. The highest BCUT2D eigenvalue weighted by Gasteiger charge is 2.30. The molecule has 0 aliphatic carbocycles. The van der Waals surface area contributed by atoms with Crippen LogP contribution in [0.4, 0.5) is 5.69 Å². The average molecular weight is 531 g/mol. The zero-order valence-electron chi connectivity index (χ0n) is 17.5. The Hall–Kier alpha value is -2.10. The molecule has 0 spiro atoms. The number of amides is 2. The van der Waals surface area contributed by atoms with Crippen LogP contribution in [0.15, 0.2) is 53.0 Å². The minimum absolute atomic E-state index is 0.143. The Bertz CT molecular complexity index is 1030. The third-order valence-electron chi connectivity index (χ3n) is 4.58. The molecule has 2 amide bonds. The van der Waals surface area contributed by atoms with Crippen LogP contribution in [0.25, 0.3) is 0 Å². The number of rotatable bonds is 9. The average Bonchev–Trinajstić information content (AvgIpc) is 2.71. The molecule has 0 saturated carbocycles. The smallest absolute Gasteiger partial charge is 0.244 e. The van der Waals surface area contributed by atoms with Crippen LogP contribution < -0.4 is 9.62 Å². The summed E-state index contributed by atoms with van der Waals surface area (Å²) in [6, 6.07) is 12.9. The third-order valence-corrected chi connectivity index (χ3v) is 6.56. The van der Waals surface area contributed by atoms with E-state index in [2.05, 4.69) is 21.2 Å². The molecule has 10 heteroatoms. The molecule has 1 N–H and O–H groups in total. The maximum absolute atomic E-state index is 13.3. The van der Waals surface area contributed by atoms with Crippen LogP contribution in [-0.4, -0.2) is 50.5 Å². The molecule has 0 fully saturated rings. The van der Waals surface area contributed by atoms with Gasteiger partial charge < -0.3 is 10.2 Å². The highest BCUT2D eigenvalue weighted by Crippen LogP contribution is 2.27. The third kappa shape index (κ3) is 6.95. The normalized spacial score (nSPS) is 12.2. The van der Waals surface area contributed by atoms with Gasteiger partial charge in [-0.15, -0.1) is 0 Å². The topological polar surface area (TPSA) is 86.8 Å². The molecule has 0 heterocycles. The molecule has 2 aromatic rings. The van der Waals surface area contributed by atoms with Crippen molar-refractivity contribution in [1.29, 1.82) is 0 Å². The lowest BCUT2D eigenvalue weighted by molar-refractivity contribution is -0.139. The molecule has 0 aliphatic heterocycles. The molecule has 7 nitrogen and oxygen atoms in total. The first-order chi connectivity index (χ1) is 14.5. The molecule has 2 aromatic carbocycles. The van der Waals surface area contributed by atoms with Gasteiger partial charge in [-0.25, -0.2) is 8.42 Å². The van der Waals surface area contributed by atoms with Crippen molar-refractivity contribution >= 4 is 55.1 Å². The molecule has 0 radical (unpaired) electrons. The van der Waals surface area contributed by atoms with Gasteiger partial charge in [0.05, 0.1) is 17.0 Å². The van der Waals surface area contributed by atoms with E-state index >= 15 is 0 Å². The van der Waals surface area contributed by atoms with Crippen molar-refractivity contribution in [2.75, 3.05) is 23.7 Å². The first-order valence-electron chi connectivity index (χ1n) is 9.58. The Labute approximate surface area is 196 Å². The van der Waals surface area contributed by atoms with Gasteiger partial charge in [0.1, 0.15) is 12.6 Å². The van der Waals surface area contributed by atoms with Gasteiger partial charge >= 0.3 is 0 Å². The molecule has 0 bridgehead atoms. The van der Waals surface area contributed by atoms with E-state index in [1.165, 1.54) is 11.0 Å². The number of carbonyl (C=O) groups is 2. The zero-order chi connectivity index (χ0) is 23.2. The van der Waals surface area contributed by atoms with Gasteiger partial charge in [-0.2, -0.15) is 0 Å². The van der Waals surface area contributed by atoms with Gasteiger partial charge in [0, 0.05) is 17.6 Å². The summed E-state index contributed by atoms with van der Waals surface area (Å²) in [6.07, 6.45) is 1.01. The number of hydrogen-bond acceptors (Lipinski definition) is 4. The minimum atomic E-state index is -3.81. The Morgan fingerprint density at radius 1 is 1.13 bits per heavy atom. The first kappa shape index (κ1) is 25.2. The predicted octanol–water partition coefficient (Wildman–Crippen LogP) is 3.42. The number of anilines is 1. The largest absolute Gasteiger partial charge is 0.355 e. The van der Waals surface area contributed by atoms with E-state index in [1.807, 2.05) is 24.3 Å². The summed E-state index contributed by atoms with van der Waals surface area (Å²) in [5.41, 5.74) is 1.01. The standard InChI is InChI=1S/C21H25BrClN3O4S/c1-4-24-21(28)15(2)25(13-16-9-11-17(22)12-10-16)20(27)14-26(31(3,29)30)19-8-6-5-7-18(19)23/h5-12,15H,4,13-14H2,1-3H3,(H,24,28)/t15-/m0/s1. The van der Waals surface area contributed by atoms with Crippen LogP contribution in [0.5, 0.6) is 0 Å². The molecule has 2 rings (SSSR count). The van der Waals surface area contributed by atoms with Crippen molar-refractivity contribution in [3.05, 3.63) is 63.6 Å². The van der Waals surface area contributed by atoms with E-state index in [1.54, 1.807) is 32.0 Å². The van der Waals surface area contributed by atoms with Crippen molar-refractivity contribution in [1.82, 2.24) is 10.2 Å². The van der Waals surface area contributed by atoms with Gasteiger partial charge in [-0.3, -0.25) is 13.9 Å². The number of sulfonamides is 1. The van der Waals surface area contributed by atoms with E-state index in [9.17, 15) is 18.0 Å². The lowest BCUT2D eigenvalue weighted by Crippen LogP contribution is -2.51. The summed E-state index contributed by atoms with van der Waals surface area (Å²) in [4.78, 5) is 27.1. The van der Waals surface area contributed by atoms with Crippen LogP contribution in [0, 0.1) is 0 Å². The van der Waals surface area contributed by atoms with E-state index in [0.29, 0.717) is 6.54 Å². The number of para-hydroxylation sites is 1. The Morgan fingerprint density at radius 2 is 1.74 bits per heavy atom. The highest BCUT2D eigenvalue weighted by molar-refractivity contribution is 9.10. The van der Waals surface area contributed by atoms with Gasteiger partial charge in [-0.05, 0) is 43.7 Å². The van der Waals surface area contributed by atoms with Crippen LogP contribution in [0.3, 0.4) is 0 Å². The zero-order valence-corrected chi connectivity index (χ0v) is 20.7. The second-order valence-corrected chi connectivity index (χ2v) is 10.2. The van der Waals surface area contributed by atoms with Gasteiger partial charge in [0.25, 0.3) is 0 Å². The van der Waals surface area contributed by atoms with Crippen molar-refractivity contribution in [3.8, 4) is 0 Å². The Morgan fingerprint density at radius 3 is 2.29 bits per heavy atom. The van der Waals surface area contributed by atoms with Gasteiger partial charge in [0.15, 0.2) is 0 Å². The van der Waals surface area contributed by atoms with Crippen molar-refractivity contribution in [2.45, 2.75) is 26.4 Å². The molecule has 0 saturated heterocycles. The predicted molar refractivity (Wildman–Crippen MR) is 126 cm³/mol. The molecule has 168 valence electrons. The summed E-state index contributed by atoms with van der Waals surface area (Å²) < 4.78 is 26.7. The fourth-order valence-electron chi connectivity index (χ4n) is 2.94. The monoisotopic (exact) mass is 529 g/mol. The second-order valence-electron chi connectivity index (χ2n) is 6.94. The number of hydrogen-bond donors (Lipinski definition) is 1. The molecular formula is C21H25BrClN3O4S. The number of nitrogens with one attached hydrogen (secondary N) is 1. The van der Waals surface area contributed by atoms with Crippen molar-refractivity contribution in [3.63, 3.8) is 0 Å². The maximum Gasteiger partial charge on any atom is 0.244 e. The van der Waals surface area contributed by atoms with E-state index in [4.69, 9.17) is 11.6 Å². The maximum atomic E-state index is 13.3. The van der Waals surface area contributed by atoms with E-state index in [-0.39, 0.29) is 23.2 Å².